The van der Waals surface area contributed by atoms with Crippen LogP contribution in [0.2, 0.25) is 0 Å². The van der Waals surface area contributed by atoms with Crippen LogP contribution >= 0.6 is 23.3 Å². The highest BCUT2D eigenvalue weighted by Gasteiger charge is 2.09. The van der Waals surface area contributed by atoms with Gasteiger partial charge < -0.3 is 4.72 Å². The van der Waals surface area contributed by atoms with Crippen molar-refractivity contribution in [2.75, 3.05) is 11.0 Å². The van der Waals surface area contributed by atoms with Gasteiger partial charge in [-0.3, -0.25) is 0 Å². The van der Waals surface area contributed by atoms with Gasteiger partial charge in [-0.1, -0.05) is 36.2 Å². The zero-order valence-corrected chi connectivity index (χ0v) is 11.5. The summed E-state index contributed by atoms with van der Waals surface area (Å²) in [6.07, 6.45) is 2.02. The summed E-state index contributed by atoms with van der Waals surface area (Å²) in [5, 5.41) is 1.06. The number of hydrogen-bond donors (Lipinski definition) is 1. The molecule has 2 nitrogen and oxygen atoms in total. The van der Waals surface area contributed by atoms with E-state index in [2.05, 4.69) is 35.1 Å². The maximum absolute atomic E-state index is 4.70. The molecule has 0 fully saturated rings. The Morgan fingerprint density at radius 1 is 1.06 bits per heavy atom. The van der Waals surface area contributed by atoms with Crippen molar-refractivity contribution in [3.8, 4) is 10.6 Å². The Hall–Kier alpha value is -1.52. The minimum absolute atomic E-state index is 1.06. The van der Waals surface area contributed by atoms with Crippen molar-refractivity contribution in [1.29, 1.82) is 0 Å². The molecule has 0 radical (unpaired) electrons. The highest BCUT2D eigenvalue weighted by atomic mass is 32.2. The summed E-state index contributed by atoms with van der Waals surface area (Å²) in [5.74, 6) is 0. The Bertz CT molecular complexity index is 643. The lowest BCUT2D eigenvalue weighted by atomic mass is 10.2. The Morgan fingerprint density at radius 3 is 2.67 bits per heavy atom. The van der Waals surface area contributed by atoms with E-state index < -0.39 is 0 Å². The quantitative estimate of drug-likeness (QED) is 0.702. The maximum Gasteiger partial charge on any atom is 0.126 e. The average Bonchev–Trinajstić information content (AvgIpc) is 2.83. The van der Waals surface area contributed by atoms with E-state index >= 15 is 0 Å². The lowest BCUT2D eigenvalue weighted by Gasteiger charge is -2.06. The van der Waals surface area contributed by atoms with Crippen LogP contribution in [0.5, 0.6) is 0 Å². The Balaban J connectivity index is 2.13. The van der Waals surface area contributed by atoms with Crippen LogP contribution in [-0.2, 0) is 0 Å². The second-order valence-corrected chi connectivity index (χ2v) is 5.48. The predicted octanol–water partition coefficient (Wildman–Crippen LogP) is 4.65. The fraction of sp³-hybridized carbons (Fsp3) is 0.0714. The summed E-state index contributed by atoms with van der Waals surface area (Å²) in [4.78, 5) is 4.70. The third-order valence-electron chi connectivity index (χ3n) is 2.66. The second kappa shape index (κ2) is 5.00. The molecular weight excluding hydrogens is 260 g/mol. The van der Waals surface area contributed by atoms with Gasteiger partial charge in [0.05, 0.1) is 15.9 Å². The second-order valence-electron chi connectivity index (χ2n) is 3.84. The molecule has 0 bridgehead atoms. The number of benzene rings is 2. The standard InChI is InChI=1S/C14H12N2S2/c1-17-16-11-7-3-2-6-10(11)14-15-12-8-4-5-9-13(12)18-14/h2-9,16H,1H3. The molecular formula is C14H12N2S2. The molecule has 0 aliphatic rings. The van der Waals surface area contributed by atoms with Gasteiger partial charge in [-0.05, 0) is 24.3 Å². The molecule has 4 heteroatoms. The number of nitrogens with zero attached hydrogens (tertiary/aromatic N) is 1. The number of nitrogens with one attached hydrogen (secondary N) is 1. The third-order valence-corrected chi connectivity index (χ3v) is 4.16. The van der Waals surface area contributed by atoms with Crippen LogP contribution < -0.4 is 4.72 Å². The highest BCUT2D eigenvalue weighted by molar-refractivity contribution is 7.99. The van der Waals surface area contributed by atoms with E-state index in [0.717, 1.165) is 21.8 Å². The summed E-state index contributed by atoms with van der Waals surface area (Å²) in [6.45, 7) is 0. The number of para-hydroxylation sites is 2. The van der Waals surface area contributed by atoms with E-state index in [1.165, 1.54) is 4.70 Å². The first-order valence-electron chi connectivity index (χ1n) is 5.62. The van der Waals surface area contributed by atoms with Gasteiger partial charge >= 0.3 is 0 Å². The SMILES string of the molecule is CSNc1ccccc1-c1nc2ccccc2s1. The predicted molar refractivity (Wildman–Crippen MR) is 82.2 cm³/mol. The summed E-state index contributed by atoms with van der Waals surface area (Å²) >= 11 is 3.33. The van der Waals surface area contributed by atoms with Crippen LogP contribution in [0.3, 0.4) is 0 Å². The highest BCUT2D eigenvalue weighted by Crippen LogP contribution is 2.34. The molecule has 1 N–H and O–H groups in total. The molecule has 0 spiro atoms. The number of aromatic nitrogens is 1. The zero-order valence-electron chi connectivity index (χ0n) is 9.88. The van der Waals surface area contributed by atoms with Crippen molar-refractivity contribution in [3.05, 3.63) is 48.5 Å². The van der Waals surface area contributed by atoms with Crippen LogP contribution in [0.25, 0.3) is 20.8 Å². The van der Waals surface area contributed by atoms with Gasteiger partial charge in [-0.2, -0.15) is 0 Å². The molecule has 18 heavy (non-hydrogen) atoms. The van der Waals surface area contributed by atoms with Crippen LogP contribution in [0.4, 0.5) is 5.69 Å². The van der Waals surface area contributed by atoms with Gasteiger partial charge in [0, 0.05) is 11.8 Å². The Morgan fingerprint density at radius 2 is 1.83 bits per heavy atom. The van der Waals surface area contributed by atoms with Crippen molar-refractivity contribution in [1.82, 2.24) is 4.98 Å². The van der Waals surface area contributed by atoms with Crippen molar-refractivity contribution >= 4 is 39.2 Å². The van der Waals surface area contributed by atoms with Crippen LogP contribution in [0, 0.1) is 0 Å². The van der Waals surface area contributed by atoms with Crippen molar-refractivity contribution in [2.45, 2.75) is 0 Å². The molecule has 1 aromatic heterocycles. The number of hydrogen-bond acceptors (Lipinski definition) is 4. The lowest BCUT2D eigenvalue weighted by Crippen LogP contribution is -1.88. The molecule has 2 aromatic carbocycles. The summed E-state index contributed by atoms with van der Waals surface area (Å²) < 4.78 is 4.53. The first-order chi connectivity index (χ1) is 8.88. The summed E-state index contributed by atoms with van der Waals surface area (Å²) in [7, 11) is 0. The zero-order chi connectivity index (χ0) is 12.4. The molecule has 0 amide bonds. The van der Waals surface area contributed by atoms with Gasteiger partial charge in [-0.25, -0.2) is 4.98 Å². The van der Waals surface area contributed by atoms with Crippen LogP contribution in [-0.4, -0.2) is 11.2 Å². The summed E-state index contributed by atoms with van der Waals surface area (Å²) in [5.41, 5.74) is 3.34. The number of fused-ring (bicyclic) bond motifs is 1. The number of rotatable bonds is 3. The maximum atomic E-state index is 4.70. The van der Waals surface area contributed by atoms with Crippen molar-refractivity contribution in [3.63, 3.8) is 0 Å². The number of anilines is 1. The van der Waals surface area contributed by atoms with Crippen molar-refractivity contribution in [2.24, 2.45) is 0 Å². The topological polar surface area (TPSA) is 24.9 Å². The molecule has 0 atom stereocenters. The lowest BCUT2D eigenvalue weighted by molar-refractivity contribution is 1.48. The average molecular weight is 272 g/mol. The fourth-order valence-electron chi connectivity index (χ4n) is 1.86. The summed E-state index contributed by atoms with van der Waals surface area (Å²) in [6, 6.07) is 16.5. The van der Waals surface area contributed by atoms with E-state index in [4.69, 9.17) is 4.98 Å². The normalized spacial score (nSPS) is 10.7. The number of thiazole rings is 1. The Labute approximate surface area is 114 Å². The Kier molecular flexibility index (Phi) is 3.21. The molecule has 0 unspecified atom stereocenters. The molecule has 1 heterocycles. The van der Waals surface area contributed by atoms with Crippen LogP contribution in [0.15, 0.2) is 48.5 Å². The fourth-order valence-corrected chi connectivity index (χ4v) is 3.26. The van der Waals surface area contributed by atoms with E-state index in [-0.39, 0.29) is 0 Å². The smallest absolute Gasteiger partial charge is 0.126 e. The molecule has 0 aliphatic heterocycles. The van der Waals surface area contributed by atoms with Gasteiger partial charge in [-0.15, -0.1) is 11.3 Å². The van der Waals surface area contributed by atoms with E-state index in [0.29, 0.717) is 0 Å². The first-order valence-corrected chi connectivity index (χ1v) is 7.66. The monoisotopic (exact) mass is 272 g/mol. The van der Waals surface area contributed by atoms with Gasteiger partial charge in [0.15, 0.2) is 0 Å². The molecule has 0 aliphatic carbocycles. The molecule has 90 valence electrons. The van der Waals surface area contributed by atoms with E-state index in [1.54, 1.807) is 23.3 Å². The third kappa shape index (κ3) is 2.09. The largest absolute Gasteiger partial charge is 0.329 e. The van der Waals surface area contributed by atoms with Crippen molar-refractivity contribution < 1.29 is 0 Å². The first kappa shape index (κ1) is 11.6. The minimum atomic E-state index is 1.06. The van der Waals surface area contributed by atoms with Gasteiger partial charge in [0.1, 0.15) is 5.01 Å². The van der Waals surface area contributed by atoms with E-state index in [9.17, 15) is 0 Å². The molecule has 3 rings (SSSR count). The van der Waals surface area contributed by atoms with Gasteiger partial charge in [0.2, 0.25) is 0 Å². The van der Waals surface area contributed by atoms with E-state index in [1.807, 2.05) is 24.5 Å². The van der Waals surface area contributed by atoms with Crippen LogP contribution in [0.1, 0.15) is 0 Å². The molecule has 0 saturated carbocycles. The minimum Gasteiger partial charge on any atom is -0.329 e. The molecule has 3 aromatic rings. The van der Waals surface area contributed by atoms with Gasteiger partial charge in [0.25, 0.3) is 0 Å². The molecule has 0 saturated heterocycles.